The minimum absolute atomic E-state index is 0.0451. The summed E-state index contributed by atoms with van der Waals surface area (Å²) >= 11 is 0. The van der Waals surface area contributed by atoms with Gasteiger partial charge >= 0.3 is 0 Å². The number of Topliss-reactive ketones (excluding diaryl/α,β-unsaturated/α-hetero) is 1. The number of hydrogen-bond acceptors (Lipinski definition) is 4. The highest BCUT2D eigenvalue weighted by Crippen LogP contribution is 2.14. The summed E-state index contributed by atoms with van der Waals surface area (Å²) in [7, 11) is 0. The van der Waals surface area contributed by atoms with Gasteiger partial charge in [-0.1, -0.05) is 66.0 Å². The lowest BCUT2D eigenvalue weighted by Crippen LogP contribution is -2.41. The van der Waals surface area contributed by atoms with Crippen molar-refractivity contribution in [2.24, 2.45) is 5.84 Å². The first-order valence-corrected chi connectivity index (χ1v) is 9.35. The lowest BCUT2D eigenvalue weighted by Gasteiger charge is -2.12. The SMILES string of the molecule is CC.CC.CCCCCCOc1ccc(CC(NN)C(C)=O)cc1. The predicted molar refractivity (Wildman–Crippen MR) is 104 cm³/mol. The van der Waals surface area contributed by atoms with Crippen LogP contribution in [-0.2, 0) is 11.2 Å². The molecule has 0 saturated heterocycles. The largest absolute Gasteiger partial charge is 0.494 e. The van der Waals surface area contributed by atoms with Gasteiger partial charge in [0.2, 0.25) is 0 Å². The van der Waals surface area contributed by atoms with Crippen molar-refractivity contribution in [1.82, 2.24) is 5.43 Å². The summed E-state index contributed by atoms with van der Waals surface area (Å²) in [6.45, 7) is 12.5. The normalized spacial score (nSPS) is 10.6. The second kappa shape index (κ2) is 18.0. The van der Waals surface area contributed by atoms with Gasteiger partial charge in [-0.25, -0.2) is 5.43 Å². The molecule has 0 bridgehead atoms. The number of carbonyl (C=O) groups is 1. The van der Waals surface area contributed by atoms with Crippen LogP contribution in [0.25, 0.3) is 0 Å². The maximum atomic E-state index is 11.3. The Morgan fingerprint density at radius 2 is 1.67 bits per heavy atom. The monoisotopic (exact) mass is 338 g/mol. The van der Waals surface area contributed by atoms with Crippen molar-refractivity contribution in [2.45, 2.75) is 79.7 Å². The van der Waals surface area contributed by atoms with Gasteiger partial charge in [-0.05, 0) is 37.5 Å². The molecule has 4 nitrogen and oxygen atoms in total. The molecule has 0 aromatic heterocycles. The van der Waals surface area contributed by atoms with E-state index in [0.717, 1.165) is 24.3 Å². The van der Waals surface area contributed by atoms with Gasteiger partial charge in [0.25, 0.3) is 0 Å². The number of nitrogens with two attached hydrogens (primary N) is 1. The number of carbonyl (C=O) groups excluding carboxylic acids is 1. The highest BCUT2D eigenvalue weighted by molar-refractivity contribution is 5.81. The molecule has 3 N–H and O–H groups in total. The van der Waals surface area contributed by atoms with E-state index < -0.39 is 0 Å². The zero-order valence-corrected chi connectivity index (χ0v) is 16.5. The molecule has 0 amide bonds. The van der Waals surface area contributed by atoms with E-state index in [2.05, 4.69) is 12.3 Å². The van der Waals surface area contributed by atoms with Crippen LogP contribution in [0.5, 0.6) is 5.75 Å². The molecular weight excluding hydrogens is 300 g/mol. The van der Waals surface area contributed by atoms with Gasteiger partial charge < -0.3 is 4.74 Å². The zero-order chi connectivity index (χ0) is 18.8. The highest BCUT2D eigenvalue weighted by atomic mass is 16.5. The fourth-order valence-electron chi connectivity index (χ4n) is 2.00. The summed E-state index contributed by atoms with van der Waals surface area (Å²) < 4.78 is 5.68. The Bertz CT molecular complexity index is 391. The van der Waals surface area contributed by atoms with Crippen LogP contribution in [0.3, 0.4) is 0 Å². The smallest absolute Gasteiger partial charge is 0.148 e. The molecule has 0 heterocycles. The van der Waals surface area contributed by atoms with Crippen molar-refractivity contribution in [3.8, 4) is 5.75 Å². The van der Waals surface area contributed by atoms with Gasteiger partial charge in [0.15, 0.2) is 0 Å². The van der Waals surface area contributed by atoms with Crippen molar-refractivity contribution >= 4 is 5.78 Å². The van der Waals surface area contributed by atoms with Crippen LogP contribution in [0.4, 0.5) is 0 Å². The molecule has 0 saturated carbocycles. The minimum atomic E-state index is -0.323. The van der Waals surface area contributed by atoms with Crippen LogP contribution in [0.15, 0.2) is 24.3 Å². The average molecular weight is 339 g/mol. The average Bonchev–Trinajstić information content (AvgIpc) is 2.63. The van der Waals surface area contributed by atoms with E-state index in [1.54, 1.807) is 0 Å². The van der Waals surface area contributed by atoms with E-state index in [1.807, 2.05) is 52.0 Å². The van der Waals surface area contributed by atoms with Crippen LogP contribution in [-0.4, -0.2) is 18.4 Å². The Morgan fingerprint density at radius 1 is 1.08 bits per heavy atom. The Labute approximate surface area is 149 Å². The molecule has 24 heavy (non-hydrogen) atoms. The molecule has 0 fully saturated rings. The third-order valence-corrected chi connectivity index (χ3v) is 3.32. The fourth-order valence-corrected chi connectivity index (χ4v) is 2.00. The molecule has 4 heteroatoms. The van der Waals surface area contributed by atoms with Gasteiger partial charge in [0.05, 0.1) is 12.6 Å². The first-order valence-electron chi connectivity index (χ1n) is 9.35. The summed E-state index contributed by atoms with van der Waals surface area (Å²) in [5, 5.41) is 0. The first kappa shape index (κ1) is 24.9. The summed E-state index contributed by atoms with van der Waals surface area (Å²) in [5.74, 6) is 6.29. The fraction of sp³-hybridized carbons (Fsp3) is 0.650. The van der Waals surface area contributed by atoms with Gasteiger partial charge in [-0.3, -0.25) is 10.6 Å². The number of rotatable bonds is 10. The summed E-state index contributed by atoms with van der Waals surface area (Å²) in [4.78, 5) is 11.3. The van der Waals surface area contributed by atoms with Crippen molar-refractivity contribution in [3.63, 3.8) is 0 Å². The van der Waals surface area contributed by atoms with E-state index >= 15 is 0 Å². The molecule has 1 aromatic rings. The van der Waals surface area contributed by atoms with E-state index in [4.69, 9.17) is 10.6 Å². The lowest BCUT2D eigenvalue weighted by molar-refractivity contribution is -0.118. The van der Waals surface area contributed by atoms with E-state index in [9.17, 15) is 4.79 Å². The van der Waals surface area contributed by atoms with Crippen LogP contribution in [0.1, 0.15) is 72.8 Å². The zero-order valence-electron chi connectivity index (χ0n) is 16.5. The van der Waals surface area contributed by atoms with Crippen molar-refractivity contribution < 1.29 is 9.53 Å². The van der Waals surface area contributed by atoms with Crippen LogP contribution in [0, 0.1) is 0 Å². The molecule has 1 rings (SSSR count). The second-order valence-electron chi connectivity index (χ2n) is 5.09. The molecule has 1 aromatic carbocycles. The summed E-state index contributed by atoms with van der Waals surface area (Å²) in [5.41, 5.74) is 3.61. The molecule has 140 valence electrons. The third kappa shape index (κ3) is 12.1. The standard InChI is InChI=1S/C16H26N2O2.2C2H6/c1-3-4-5-6-11-20-15-9-7-14(8-10-15)12-16(18-17)13(2)19;2*1-2/h7-10,16,18H,3-6,11-12,17H2,1-2H3;2*1-2H3. The van der Waals surface area contributed by atoms with Gasteiger partial charge in [0.1, 0.15) is 11.5 Å². The molecule has 0 aliphatic rings. The molecule has 1 atom stereocenters. The van der Waals surface area contributed by atoms with Crippen LogP contribution in [0.2, 0.25) is 0 Å². The summed E-state index contributed by atoms with van der Waals surface area (Å²) in [6.07, 6.45) is 5.42. The van der Waals surface area contributed by atoms with E-state index in [-0.39, 0.29) is 11.8 Å². The van der Waals surface area contributed by atoms with Gasteiger partial charge in [-0.15, -0.1) is 0 Å². The number of hydrogen-bond donors (Lipinski definition) is 2. The molecule has 1 unspecified atom stereocenters. The Morgan fingerprint density at radius 3 is 2.12 bits per heavy atom. The van der Waals surface area contributed by atoms with Crippen LogP contribution >= 0.6 is 0 Å². The number of nitrogens with one attached hydrogen (secondary N) is 1. The number of ketones is 1. The Balaban J connectivity index is 0. The first-order chi connectivity index (χ1) is 11.7. The second-order valence-corrected chi connectivity index (χ2v) is 5.09. The van der Waals surface area contributed by atoms with Crippen molar-refractivity contribution in [1.29, 1.82) is 0 Å². The molecule has 0 spiro atoms. The topological polar surface area (TPSA) is 64.3 Å². The number of ether oxygens (including phenoxy) is 1. The quantitative estimate of drug-likeness (QED) is 0.370. The molecule has 0 aliphatic carbocycles. The maximum absolute atomic E-state index is 11.3. The Kier molecular flexibility index (Phi) is 18.6. The number of benzene rings is 1. The molecular formula is C20H38N2O2. The van der Waals surface area contributed by atoms with Crippen molar-refractivity contribution in [3.05, 3.63) is 29.8 Å². The summed E-state index contributed by atoms with van der Waals surface area (Å²) in [6, 6.07) is 7.53. The Hall–Kier alpha value is -1.39. The van der Waals surface area contributed by atoms with Crippen molar-refractivity contribution in [2.75, 3.05) is 6.61 Å². The highest BCUT2D eigenvalue weighted by Gasteiger charge is 2.12. The third-order valence-electron chi connectivity index (χ3n) is 3.32. The number of unbranched alkanes of at least 4 members (excludes halogenated alkanes) is 3. The molecule has 0 aliphatic heterocycles. The van der Waals surface area contributed by atoms with Gasteiger partial charge in [0, 0.05) is 0 Å². The maximum Gasteiger partial charge on any atom is 0.148 e. The number of hydrazine groups is 1. The van der Waals surface area contributed by atoms with Gasteiger partial charge in [-0.2, -0.15) is 0 Å². The lowest BCUT2D eigenvalue weighted by atomic mass is 10.0. The predicted octanol–water partition coefficient (Wildman–Crippen LogP) is 4.66. The minimum Gasteiger partial charge on any atom is -0.494 e. The van der Waals surface area contributed by atoms with E-state index in [1.165, 1.54) is 26.2 Å². The van der Waals surface area contributed by atoms with Crippen LogP contribution < -0.4 is 16.0 Å². The van der Waals surface area contributed by atoms with E-state index in [0.29, 0.717) is 6.42 Å². The molecule has 0 radical (unpaired) electrons.